The average Bonchev–Trinajstić information content (AvgIpc) is 3.82. The number of Topliss-reactive ketones (excluding diaryl/α,β-unsaturated/α-hetero) is 1. The van der Waals surface area contributed by atoms with Gasteiger partial charge in [-0.25, -0.2) is 0 Å². The summed E-state index contributed by atoms with van der Waals surface area (Å²) in [6.45, 7) is 2.71. The lowest BCUT2D eigenvalue weighted by Crippen LogP contribution is -2.29. The van der Waals surface area contributed by atoms with Crippen molar-refractivity contribution < 1.29 is 28.9 Å². The molecule has 2 heterocycles. The minimum absolute atomic E-state index is 0.0893. The number of rotatable bonds is 13. The zero-order valence-corrected chi connectivity index (χ0v) is 32.8. The molecule has 0 aliphatic carbocycles. The molecular formula is C46H37N3O6S2. The Labute approximate surface area is 338 Å². The highest BCUT2D eigenvalue weighted by Gasteiger charge is 2.48. The summed E-state index contributed by atoms with van der Waals surface area (Å²) in [7, 11) is 1.53. The lowest BCUT2D eigenvalue weighted by Gasteiger charge is -2.23. The molecule has 11 heteroatoms. The fourth-order valence-electron chi connectivity index (χ4n) is 6.80. The SMILES string of the molecule is COc1cc(C2C(=C(O)c3ccc(OCc4cccc(C)c4)cc3)C(=O)C(=O)N2c2nnc(SCc3cccc4ccccc34)s2)ccc1OCc1ccccc1. The van der Waals surface area contributed by atoms with Crippen LogP contribution < -0.4 is 19.1 Å². The summed E-state index contributed by atoms with van der Waals surface area (Å²) in [6.07, 6.45) is 0. The predicted molar refractivity (Wildman–Crippen MR) is 224 cm³/mol. The van der Waals surface area contributed by atoms with Crippen LogP contribution >= 0.6 is 23.1 Å². The van der Waals surface area contributed by atoms with Crippen molar-refractivity contribution in [2.75, 3.05) is 12.0 Å². The second kappa shape index (κ2) is 16.7. The number of anilines is 1. The molecule has 284 valence electrons. The highest BCUT2D eigenvalue weighted by molar-refractivity contribution is 8.00. The van der Waals surface area contributed by atoms with Gasteiger partial charge in [0.1, 0.15) is 24.7 Å². The Bertz CT molecular complexity index is 2600. The van der Waals surface area contributed by atoms with E-state index >= 15 is 0 Å². The number of hydrogen-bond donors (Lipinski definition) is 1. The number of aromatic nitrogens is 2. The third-order valence-electron chi connectivity index (χ3n) is 9.63. The smallest absolute Gasteiger partial charge is 0.301 e. The van der Waals surface area contributed by atoms with E-state index in [1.54, 1.807) is 42.5 Å². The number of ether oxygens (including phenoxy) is 3. The Kier molecular flexibility index (Phi) is 11.0. The second-order valence-corrected chi connectivity index (χ2v) is 15.6. The third-order valence-corrected chi connectivity index (χ3v) is 11.7. The van der Waals surface area contributed by atoms with Crippen LogP contribution in [0.4, 0.5) is 5.13 Å². The van der Waals surface area contributed by atoms with Crippen LogP contribution in [-0.2, 0) is 28.6 Å². The topological polar surface area (TPSA) is 111 Å². The van der Waals surface area contributed by atoms with Crippen LogP contribution in [0, 0.1) is 6.92 Å². The van der Waals surface area contributed by atoms with Gasteiger partial charge in [0, 0.05) is 11.3 Å². The molecule has 1 unspecified atom stereocenters. The first-order valence-electron chi connectivity index (χ1n) is 18.2. The monoisotopic (exact) mass is 791 g/mol. The van der Waals surface area contributed by atoms with Gasteiger partial charge in [0.2, 0.25) is 5.13 Å². The summed E-state index contributed by atoms with van der Waals surface area (Å²) in [5.74, 6) is 0.0855. The molecule has 1 saturated heterocycles. The van der Waals surface area contributed by atoms with Crippen LogP contribution in [0.2, 0.25) is 0 Å². The van der Waals surface area contributed by atoms with Gasteiger partial charge in [0.15, 0.2) is 15.8 Å². The minimum atomic E-state index is -1.05. The Balaban J connectivity index is 1.12. The van der Waals surface area contributed by atoms with Crippen molar-refractivity contribution in [3.63, 3.8) is 0 Å². The Morgan fingerprint density at radius 1 is 0.772 bits per heavy atom. The van der Waals surface area contributed by atoms with Gasteiger partial charge in [0.05, 0.1) is 18.7 Å². The molecular weight excluding hydrogens is 755 g/mol. The molecule has 1 aliphatic heterocycles. The molecule has 1 amide bonds. The van der Waals surface area contributed by atoms with Crippen molar-refractivity contribution in [1.82, 2.24) is 10.2 Å². The number of benzene rings is 6. The molecule has 8 rings (SSSR count). The van der Waals surface area contributed by atoms with Crippen molar-refractivity contribution in [3.8, 4) is 17.2 Å². The number of nitrogens with zero attached hydrogens (tertiary/aromatic N) is 3. The van der Waals surface area contributed by atoms with Crippen LogP contribution in [0.3, 0.4) is 0 Å². The number of thioether (sulfide) groups is 1. The number of aliphatic hydroxyl groups excluding tert-OH is 1. The molecule has 0 radical (unpaired) electrons. The molecule has 1 aliphatic rings. The van der Waals surface area contributed by atoms with Crippen LogP contribution in [0.5, 0.6) is 17.2 Å². The van der Waals surface area contributed by atoms with E-state index < -0.39 is 17.7 Å². The Morgan fingerprint density at radius 3 is 2.32 bits per heavy atom. The number of aliphatic hydroxyl groups is 1. The predicted octanol–water partition coefficient (Wildman–Crippen LogP) is 10.1. The largest absolute Gasteiger partial charge is 0.507 e. The van der Waals surface area contributed by atoms with Gasteiger partial charge in [-0.15, -0.1) is 10.2 Å². The van der Waals surface area contributed by atoms with Gasteiger partial charge < -0.3 is 19.3 Å². The van der Waals surface area contributed by atoms with E-state index in [1.807, 2.05) is 73.7 Å². The Morgan fingerprint density at radius 2 is 1.51 bits per heavy atom. The molecule has 0 saturated carbocycles. The summed E-state index contributed by atoms with van der Waals surface area (Å²) in [5, 5.41) is 23.2. The number of carbonyl (C=O) groups is 2. The van der Waals surface area contributed by atoms with Gasteiger partial charge in [-0.2, -0.15) is 0 Å². The van der Waals surface area contributed by atoms with E-state index in [-0.39, 0.29) is 16.5 Å². The summed E-state index contributed by atoms with van der Waals surface area (Å²) in [6, 6.07) is 43.1. The lowest BCUT2D eigenvalue weighted by atomic mass is 9.95. The van der Waals surface area contributed by atoms with Crippen LogP contribution in [0.1, 0.15) is 39.4 Å². The maximum absolute atomic E-state index is 14.0. The van der Waals surface area contributed by atoms with E-state index in [0.717, 1.165) is 33.0 Å². The van der Waals surface area contributed by atoms with E-state index in [4.69, 9.17) is 14.2 Å². The zero-order valence-electron chi connectivity index (χ0n) is 31.1. The summed E-state index contributed by atoms with van der Waals surface area (Å²) in [4.78, 5) is 29.4. The number of fused-ring (bicyclic) bond motifs is 1. The molecule has 9 nitrogen and oxygen atoms in total. The molecule has 0 spiro atoms. The van der Waals surface area contributed by atoms with E-state index in [0.29, 0.717) is 51.7 Å². The summed E-state index contributed by atoms with van der Waals surface area (Å²) >= 11 is 2.71. The number of methoxy groups -OCH3 is 1. The highest BCUT2D eigenvalue weighted by atomic mass is 32.2. The molecule has 1 atom stereocenters. The van der Waals surface area contributed by atoms with Crippen LogP contribution in [-0.4, -0.2) is 34.1 Å². The van der Waals surface area contributed by atoms with Gasteiger partial charge in [-0.05, 0) is 76.3 Å². The molecule has 0 bridgehead atoms. The highest BCUT2D eigenvalue weighted by Crippen LogP contribution is 2.46. The van der Waals surface area contributed by atoms with Crippen LogP contribution in [0.25, 0.3) is 16.5 Å². The molecule has 7 aromatic rings. The quantitative estimate of drug-likeness (QED) is 0.0401. The van der Waals surface area contributed by atoms with Gasteiger partial charge in [-0.1, -0.05) is 132 Å². The molecule has 1 aromatic heterocycles. The number of aryl methyl sites for hydroxylation is 1. The van der Waals surface area contributed by atoms with Crippen molar-refractivity contribution in [1.29, 1.82) is 0 Å². The van der Waals surface area contributed by atoms with E-state index in [9.17, 15) is 14.7 Å². The van der Waals surface area contributed by atoms with Gasteiger partial charge in [-0.3, -0.25) is 14.5 Å². The molecule has 6 aromatic carbocycles. The number of amides is 1. The number of carbonyl (C=O) groups excluding carboxylic acids is 2. The van der Waals surface area contributed by atoms with Crippen molar-refractivity contribution in [3.05, 3.63) is 178 Å². The number of ketones is 1. The summed E-state index contributed by atoms with van der Waals surface area (Å²) < 4.78 is 18.5. The van der Waals surface area contributed by atoms with E-state index in [2.05, 4.69) is 40.5 Å². The fourth-order valence-corrected chi connectivity index (χ4v) is 8.67. The lowest BCUT2D eigenvalue weighted by molar-refractivity contribution is -0.132. The molecule has 57 heavy (non-hydrogen) atoms. The first-order valence-corrected chi connectivity index (χ1v) is 20.0. The first kappa shape index (κ1) is 37.5. The standard InChI is InChI=1S/C46H37N3O6S2/c1-29-10-8-13-31(24-29)27-54-36-21-18-33(19-22-36)42(50)40-41(34-20-23-38(39(25-34)53-2)55-26-30-11-4-3-5-12-30)49(44(52)43(40)51)45-47-48-46(57-45)56-28-35-16-9-15-32-14-6-7-17-37(32)35/h3-25,41,50H,26-28H2,1-2H3. The first-order chi connectivity index (χ1) is 27.9. The van der Waals surface area contributed by atoms with Gasteiger partial charge in [0.25, 0.3) is 5.78 Å². The summed E-state index contributed by atoms with van der Waals surface area (Å²) in [5.41, 5.74) is 5.06. The Hall–Kier alpha value is -6.43. The van der Waals surface area contributed by atoms with Gasteiger partial charge >= 0.3 is 5.91 Å². The van der Waals surface area contributed by atoms with E-state index in [1.165, 1.54) is 35.1 Å². The second-order valence-electron chi connectivity index (χ2n) is 13.4. The van der Waals surface area contributed by atoms with Crippen molar-refractivity contribution in [2.45, 2.75) is 36.3 Å². The molecule has 1 fully saturated rings. The normalized spacial score (nSPS) is 14.9. The fraction of sp³-hybridized carbons (Fsp3) is 0.130. The van der Waals surface area contributed by atoms with Crippen molar-refractivity contribution in [2.24, 2.45) is 0 Å². The molecule has 1 N–H and O–H groups in total. The average molecular weight is 792 g/mol. The minimum Gasteiger partial charge on any atom is -0.507 e. The maximum Gasteiger partial charge on any atom is 0.301 e. The number of hydrogen-bond acceptors (Lipinski definition) is 10. The zero-order chi connectivity index (χ0) is 39.3. The third kappa shape index (κ3) is 8.12. The van der Waals surface area contributed by atoms with Crippen LogP contribution in [0.15, 0.2) is 149 Å². The maximum atomic E-state index is 14.0. The van der Waals surface area contributed by atoms with Crippen molar-refractivity contribution >= 4 is 56.5 Å².